The standard InChI is InChI=1S/C15H24F2N2O2/c1-12(18-8-10-20-11-9-19(2)3)13-6-4-5-7-14(13)21-15(16)17/h4-7,12,15,18H,8-11H2,1-3H3. The first kappa shape index (κ1) is 17.8. The van der Waals surface area contributed by atoms with Gasteiger partial charge in [-0.15, -0.1) is 0 Å². The maximum atomic E-state index is 12.4. The van der Waals surface area contributed by atoms with Crippen LogP contribution in [0.1, 0.15) is 18.5 Å². The molecule has 21 heavy (non-hydrogen) atoms. The highest BCUT2D eigenvalue weighted by molar-refractivity contribution is 5.35. The van der Waals surface area contributed by atoms with Gasteiger partial charge in [0.2, 0.25) is 0 Å². The smallest absolute Gasteiger partial charge is 0.387 e. The molecular formula is C15H24F2N2O2. The Kier molecular flexibility index (Phi) is 8.19. The lowest BCUT2D eigenvalue weighted by molar-refractivity contribution is -0.0506. The van der Waals surface area contributed by atoms with Crippen molar-refractivity contribution in [2.24, 2.45) is 0 Å². The molecule has 0 aliphatic carbocycles. The fourth-order valence-electron chi connectivity index (χ4n) is 1.85. The van der Waals surface area contributed by atoms with E-state index in [1.54, 1.807) is 24.3 Å². The molecule has 1 N–H and O–H groups in total. The van der Waals surface area contributed by atoms with Gasteiger partial charge in [0.1, 0.15) is 5.75 Å². The molecule has 1 unspecified atom stereocenters. The summed E-state index contributed by atoms with van der Waals surface area (Å²) in [5.74, 6) is 0.209. The number of alkyl halides is 2. The maximum absolute atomic E-state index is 12.4. The van der Waals surface area contributed by atoms with Crippen LogP contribution in [0.3, 0.4) is 0 Å². The summed E-state index contributed by atoms with van der Waals surface area (Å²) in [6.07, 6.45) is 0. The Morgan fingerprint density at radius 3 is 2.57 bits per heavy atom. The molecule has 0 aromatic heterocycles. The van der Waals surface area contributed by atoms with Gasteiger partial charge in [0.25, 0.3) is 0 Å². The largest absolute Gasteiger partial charge is 0.434 e. The highest BCUT2D eigenvalue weighted by Crippen LogP contribution is 2.25. The SMILES string of the molecule is CC(NCCOCCN(C)C)c1ccccc1OC(F)F. The van der Waals surface area contributed by atoms with Gasteiger partial charge in [0.05, 0.1) is 13.2 Å². The van der Waals surface area contributed by atoms with Crippen LogP contribution in [0, 0.1) is 0 Å². The monoisotopic (exact) mass is 302 g/mol. The third-order valence-electron chi connectivity index (χ3n) is 2.98. The van der Waals surface area contributed by atoms with Crippen LogP contribution < -0.4 is 10.1 Å². The number of benzene rings is 1. The number of para-hydroxylation sites is 1. The summed E-state index contributed by atoms with van der Waals surface area (Å²) in [6, 6.07) is 6.73. The van der Waals surface area contributed by atoms with Crippen LogP contribution in [-0.4, -0.2) is 51.9 Å². The van der Waals surface area contributed by atoms with Gasteiger partial charge in [-0.25, -0.2) is 0 Å². The fourth-order valence-corrected chi connectivity index (χ4v) is 1.85. The summed E-state index contributed by atoms with van der Waals surface area (Å²) in [5.41, 5.74) is 0.714. The molecule has 0 spiro atoms. The van der Waals surface area contributed by atoms with E-state index < -0.39 is 6.61 Å². The van der Waals surface area contributed by atoms with Crippen LogP contribution in [-0.2, 0) is 4.74 Å². The zero-order valence-electron chi connectivity index (χ0n) is 12.8. The zero-order valence-corrected chi connectivity index (χ0v) is 12.8. The molecule has 1 aromatic rings. The minimum atomic E-state index is -2.81. The lowest BCUT2D eigenvalue weighted by Gasteiger charge is -2.18. The molecule has 120 valence electrons. The van der Waals surface area contributed by atoms with Gasteiger partial charge in [0.15, 0.2) is 0 Å². The van der Waals surface area contributed by atoms with Crippen molar-refractivity contribution in [1.29, 1.82) is 0 Å². The highest BCUT2D eigenvalue weighted by Gasteiger charge is 2.13. The van der Waals surface area contributed by atoms with E-state index in [0.717, 1.165) is 6.54 Å². The Morgan fingerprint density at radius 2 is 1.90 bits per heavy atom. The molecule has 0 bridgehead atoms. The zero-order chi connectivity index (χ0) is 15.7. The van der Waals surface area contributed by atoms with E-state index in [-0.39, 0.29) is 11.8 Å². The van der Waals surface area contributed by atoms with Crippen molar-refractivity contribution in [3.05, 3.63) is 29.8 Å². The molecule has 0 fully saturated rings. The second-order valence-electron chi connectivity index (χ2n) is 5.01. The second kappa shape index (κ2) is 9.65. The molecule has 0 saturated carbocycles. The van der Waals surface area contributed by atoms with Gasteiger partial charge >= 0.3 is 6.61 Å². The Labute approximate surface area is 125 Å². The Balaban J connectivity index is 2.36. The predicted molar refractivity (Wildman–Crippen MR) is 78.9 cm³/mol. The average molecular weight is 302 g/mol. The maximum Gasteiger partial charge on any atom is 0.387 e. The van der Waals surface area contributed by atoms with Crippen LogP contribution in [0.5, 0.6) is 5.75 Å². The third-order valence-corrected chi connectivity index (χ3v) is 2.98. The number of ether oxygens (including phenoxy) is 2. The van der Waals surface area contributed by atoms with Crippen LogP contribution in [0.15, 0.2) is 24.3 Å². The predicted octanol–water partition coefficient (Wildman–Crippen LogP) is 2.52. The summed E-state index contributed by atoms with van der Waals surface area (Å²) in [7, 11) is 3.98. The number of halogens is 2. The van der Waals surface area contributed by atoms with E-state index in [1.165, 1.54) is 0 Å². The highest BCUT2D eigenvalue weighted by atomic mass is 19.3. The van der Waals surface area contributed by atoms with Gasteiger partial charge in [-0.2, -0.15) is 8.78 Å². The molecule has 0 amide bonds. The Bertz CT molecular complexity index is 403. The van der Waals surface area contributed by atoms with Gasteiger partial charge in [-0.1, -0.05) is 18.2 Å². The number of nitrogens with zero attached hydrogens (tertiary/aromatic N) is 1. The van der Waals surface area contributed by atoms with E-state index >= 15 is 0 Å². The average Bonchev–Trinajstić information content (AvgIpc) is 2.42. The van der Waals surface area contributed by atoms with Crippen LogP contribution in [0.25, 0.3) is 0 Å². The van der Waals surface area contributed by atoms with Crippen LogP contribution >= 0.6 is 0 Å². The molecule has 1 aromatic carbocycles. The molecule has 6 heteroatoms. The number of likely N-dealkylation sites (N-methyl/N-ethyl adjacent to an activating group) is 1. The molecule has 0 aliphatic rings. The van der Waals surface area contributed by atoms with Crippen molar-refractivity contribution in [3.8, 4) is 5.75 Å². The first-order valence-electron chi connectivity index (χ1n) is 7.00. The normalized spacial score (nSPS) is 12.9. The van der Waals surface area contributed by atoms with Crippen molar-refractivity contribution < 1.29 is 18.3 Å². The molecule has 1 atom stereocenters. The molecule has 4 nitrogen and oxygen atoms in total. The molecular weight excluding hydrogens is 278 g/mol. The molecule has 0 saturated heterocycles. The summed E-state index contributed by atoms with van der Waals surface area (Å²) in [6.45, 7) is 1.88. The van der Waals surface area contributed by atoms with Crippen molar-refractivity contribution >= 4 is 0 Å². The molecule has 0 heterocycles. The van der Waals surface area contributed by atoms with E-state index in [1.807, 2.05) is 25.9 Å². The van der Waals surface area contributed by atoms with E-state index in [4.69, 9.17) is 4.74 Å². The topological polar surface area (TPSA) is 33.7 Å². The van der Waals surface area contributed by atoms with Crippen LogP contribution in [0.4, 0.5) is 8.78 Å². The minimum absolute atomic E-state index is 0.0857. The van der Waals surface area contributed by atoms with Crippen molar-refractivity contribution in [3.63, 3.8) is 0 Å². The lowest BCUT2D eigenvalue weighted by atomic mass is 10.1. The number of hydrogen-bond donors (Lipinski definition) is 1. The van der Waals surface area contributed by atoms with Crippen molar-refractivity contribution in [2.75, 3.05) is 40.4 Å². The van der Waals surface area contributed by atoms with Crippen molar-refractivity contribution in [1.82, 2.24) is 10.2 Å². The first-order valence-corrected chi connectivity index (χ1v) is 7.00. The summed E-state index contributed by atoms with van der Waals surface area (Å²) in [5, 5.41) is 3.24. The van der Waals surface area contributed by atoms with Gasteiger partial charge in [-0.05, 0) is 27.1 Å². The van der Waals surface area contributed by atoms with E-state index in [2.05, 4.69) is 10.1 Å². The second-order valence-corrected chi connectivity index (χ2v) is 5.01. The lowest BCUT2D eigenvalue weighted by Crippen LogP contribution is -2.25. The fraction of sp³-hybridized carbons (Fsp3) is 0.600. The molecule has 0 radical (unpaired) electrons. The third kappa shape index (κ3) is 7.36. The number of hydrogen-bond acceptors (Lipinski definition) is 4. The Morgan fingerprint density at radius 1 is 1.19 bits per heavy atom. The first-order chi connectivity index (χ1) is 10.0. The number of nitrogens with one attached hydrogen (secondary N) is 1. The van der Waals surface area contributed by atoms with Crippen LogP contribution in [0.2, 0.25) is 0 Å². The quantitative estimate of drug-likeness (QED) is 0.673. The summed E-state index contributed by atoms with van der Waals surface area (Å²) < 4.78 is 34.7. The number of rotatable bonds is 10. The Hall–Kier alpha value is -1.24. The molecule has 1 rings (SSSR count). The van der Waals surface area contributed by atoms with E-state index in [0.29, 0.717) is 25.3 Å². The van der Waals surface area contributed by atoms with Gasteiger partial charge in [-0.3, -0.25) is 0 Å². The van der Waals surface area contributed by atoms with Gasteiger partial charge < -0.3 is 19.7 Å². The summed E-state index contributed by atoms with van der Waals surface area (Å²) >= 11 is 0. The van der Waals surface area contributed by atoms with E-state index in [9.17, 15) is 8.78 Å². The van der Waals surface area contributed by atoms with Gasteiger partial charge in [0, 0.05) is 24.7 Å². The summed E-state index contributed by atoms with van der Waals surface area (Å²) in [4.78, 5) is 2.05. The minimum Gasteiger partial charge on any atom is -0.434 e. The molecule has 0 aliphatic heterocycles. The van der Waals surface area contributed by atoms with Crippen molar-refractivity contribution in [2.45, 2.75) is 19.6 Å².